The van der Waals surface area contributed by atoms with Gasteiger partial charge in [0.25, 0.3) is 0 Å². The molecule has 26 heavy (non-hydrogen) atoms. The number of hydrogen-bond acceptors (Lipinski definition) is 5. The molecule has 2 amide bonds. The van der Waals surface area contributed by atoms with Crippen LogP contribution in [-0.2, 0) is 28.7 Å². The maximum Gasteiger partial charge on any atom is 0.416 e. The van der Waals surface area contributed by atoms with E-state index in [1.807, 2.05) is 7.05 Å². The van der Waals surface area contributed by atoms with Crippen LogP contribution in [0.5, 0.6) is 0 Å². The lowest BCUT2D eigenvalue weighted by Crippen LogP contribution is -2.29. The number of halogens is 3. The smallest absolute Gasteiger partial charge is 0.318 e. The number of carbonyl (C=O) groups excluding carboxylic acids is 2. The van der Waals surface area contributed by atoms with Crippen LogP contribution in [0.2, 0.25) is 0 Å². The highest BCUT2D eigenvalue weighted by molar-refractivity contribution is 7.16. The fourth-order valence-corrected chi connectivity index (χ4v) is 3.58. The Morgan fingerprint density at radius 1 is 1.23 bits per heavy atom. The lowest BCUT2D eigenvalue weighted by atomic mass is 10.2. The van der Waals surface area contributed by atoms with Gasteiger partial charge in [0.15, 0.2) is 5.13 Å². The molecule has 0 aliphatic carbocycles. The van der Waals surface area contributed by atoms with Crippen molar-refractivity contribution in [2.75, 3.05) is 24.2 Å². The summed E-state index contributed by atoms with van der Waals surface area (Å²) in [6.45, 7) is 1.58. The van der Waals surface area contributed by atoms with Crippen LogP contribution in [0.25, 0.3) is 0 Å². The number of rotatable bonds is 2. The Bertz CT molecular complexity index is 850. The monoisotopic (exact) mass is 384 g/mol. The fourth-order valence-electron chi connectivity index (χ4n) is 2.49. The number of anilines is 2. The maximum absolute atomic E-state index is 12.7. The Hall–Kier alpha value is -2.46. The van der Waals surface area contributed by atoms with Gasteiger partial charge in [-0.1, -0.05) is 6.07 Å². The SMILES string of the molecule is CN1CCc2nc(NC(=O)C(=O)Nc3cccc(C(F)(F)F)c3)sc2C1. The minimum atomic E-state index is -4.53. The molecule has 2 aromatic rings. The highest BCUT2D eigenvalue weighted by atomic mass is 32.1. The predicted molar refractivity (Wildman–Crippen MR) is 90.9 cm³/mol. The van der Waals surface area contributed by atoms with E-state index in [0.717, 1.165) is 48.3 Å². The molecule has 0 atom stereocenters. The molecule has 0 radical (unpaired) electrons. The molecule has 6 nitrogen and oxygen atoms in total. The normalized spacial score (nSPS) is 14.6. The van der Waals surface area contributed by atoms with Gasteiger partial charge < -0.3 is 10.2 Å². The molecule has 1 aliphatic heterocycles. The molecule has 0 unspecified atom stereocenters. The first-order chi connectivity index (χ1) is 12.2. The van der Waals surface area contributed by atoms with E-state index in [1.165, 1.54) is 17.4 Å². The minimum absolute atomic E-state index is 0.111. The van der Waals surface area contributed by atoms with E-state index in [2.05, 4.69) is 20.5 Å². The van der Waals surface area contributed by atoms with Gasteiger partial charge in [-0.2, -0.15) is 13.2 Å². The summed E-state index contributed by atoms with van der Waals surface area (Å²) in [6, 6.07) is 4.08. The number of carbonyl (C=O) groups is 2. The second kappa shape index (κ2) is 7.04. The van der Waals surface area contributed by atoms with Crippen LogP contribution < -0.4 is 10.6 Å². The molecule has 2 heterocycles. The van der Waals surface area contributed by atoms with Crippen LogP contribution in [0.15, 0.2) is 24.3 Å². The van der Waals surface area contributed by atoms with Gasteiger partial charge in [0.2, 0.25) is 0 Å². The summed E-state index contributed by atoms with van der Waals surface area (Å²) in [5, 5.41) is 4.86. The van der Waals surface area contributed by atoms with E-state index >= 15 is 0 Å². The number of benzene rings is 1. The number of nitrogens with one attached hydrogen (secondary N) is 2. The second-order valence-electron chi connectivity index (χ2n) is 5.86. The molecule has 0 saturated carbocycles. The molecular weight excluding hydrogens is 369 g/mol. The van der Waals surface area contributed by atoms with Crippen LogP contribution in [0.4, 0.5) is 24.0 Å². The quantitative estimate of drug-likeness (QED) is 0.781. The molecule has 1 aromatic carbocycles. The van der Waals surface area contributed by atoms with Crippen LogP contribution >= 0.6 is 11.3 Å². The van der Waals surface area contributed by atoms with Crippen LogP contribution in [0.1, 0.15) is 16.1 Å². The maximum atomic E-state index is 12.7. The highest BCUT2D eigenvalue weighted by Crippen LogP contribution is 2.31. The van der Waals surface area contributed by atoms with E-state index < -0.39 is 23.6 Å². The molecule has 0 fully saturated rings. The average Bonchev–Trinajstić information content (AvgIpc) is 2.95. The number of hydrogen-bond donors (Lipinski definition) is 2. The molecule has 0 bridgehead atoms. The zero-order valence-electron chi connectivity index (χ0n) is 13.7. The lowest BCUT2D eigenvalue weighted by Gasteiger charge is -2.20. The van der Waals surface area contributed by atoms with Gasteiger partial charge in [-0.15, -0.1) is 11.3 Å². The lowest BCUT2D eigenvalue weighted by molar-refractivity contribution is -0.137. The van der Waals surface area contributed by atoms with Gasteiger partial charge in [-0.25, -0.2) is 4.98 Å². The number of aromatic nitrogens is 1. The summed E-state index contributed by atoms with van der Waals surface area (Å²) in [5.41, 5.74) is -0.130. The number of fused-ring (bicyclic) bond motifs is 1. The predicted octanol–water partition coefficient (Wildman–Crippen LogP) is 2.73. The third kappa shape index (κ3) is 4.20. The van der Waals surface area contributed by atoms with Gasteiger partial charge in [-0.3, -0.25) is 14.9 Å². The Morgan fingerprint density at radius 2 is 1.96 bits per heavy atom. The van der Waals surface area contributed by atoms with Crippen molar-refractivity contribution in [2.45, 2.75) is 19.1 Å². The van der Waals surface area contributed by atoms with Gasteiger partial charge in [0.05, 0.1) is 11.3 Å². The van der Waals surface area contributed by atoms with Crippen molar-refractivity contribution in [1.82, 2.24) is 9.88 Å². The number of amides is 2. The number of nitrogens with zero attached hydrogens (tertiary/aromatic N) is 2. The first-order valence-electron chi connectivity index (χ1n) is 7.69. The van der Waals surface area contributed by atoms with Gasteiger partial charge in [0.1, 0.15) is 0 Å². The summed E-state index contributed by atoms with van der Waals surface area (Å²) >= 11 is 1.28. The summed E-state index contributed by atoms with van der Waals surface area (Å²) < 4.78 is 38.1. The largest absolute Gasteiger partial charge is 0.416 e. The average molecular weight is 384 g/mol. The third-order valence-electron chi connectivity index (χ3n) is 3.80. The van der Waals surface area contributed by atoms with E-state index in [0.29, 0.717) is 5.13 Å². The molecule has 2 N–H and O–H groups in total. The first-order valence-corrected chi connectivity index (χ1v) is 8.51. The van der Waals surface area contributed by atoms with E-state index in [4.69, 9.17) is 0 Å². The summed E-state index contributed by atoms with van der Waals surface area (Å²) in [7, 11) is 1.98. The van der Waals surface area contributed by atoms with Crippen molar-refractivity contribution >= 4 is 34.0 Å². The molecule has 3 rings (SSSR count). The van der Waals surface area contributed by atoms with Crippen molar-refractivity contribution in [3.8, 4) is 0 Å². The molecular formula is C16H15F3N4O2S. The standard InChI is InChI=1S/C16H15F3N4O2S/c1-23-6-5-11-12(8-23)26-15(21-11)22-14(25)13(24)20-10-4-2-3-9(7-10)16(17,18)19/h2-4,7H,5-6,8H2,1H3,(H,20,24)(H,21,22,25). The van der Waals surface area contributed by atoms with Crippen molar-refractivity contribution in [2.24, 2.45) is 0 Å². The Labute approximate surface area is 151 Å². The van der Waals surface area contributed by atoms with E-state index in [9.17, 15) is 22.8 Å². The van der Waals surface area contributed by atoms with E-state index in [1.54, 1.807) is 0 Å². The van der Waals surface area contributed by atoms with Crippen molar-refractivity contribution < 1.29 is 22.8 Å². The number of likely N-dealkylation sites (N-methyl/N-ethyl adjacent to an activating group) is 1. The zero-order chi connectivity index (χ0) is 18.9. The summed E-state index contributed by atoms with van der Waals surface area (Å²) in [5.74, 6) is -2.04. The highest BCUT2D eigenvalue weighted by Gasteiger charge is 2.30. The Morgan fingerprint density at radius 3 is 2.69 bits per heavy atom. The van der Waals surface area contributed by atoms with Crippen molar-refractivity contribution in [1.29, 1.82) is 0 Å². The van der Waals surface area contributed by atoms with Gasteiger partial charge in [0, 0.05) is 30.1 Å². The van der Waals surface area contributed by atoms with Crippen LogP contribution in [0.3, 0.4) is 0 Å². The number of thiazole rings is 1. The fraction of sp³-hybridized carbons (Fsp3) is 0.312. The third-order valence-corrected chi connectivity index (χ3v) is 4.79. The minimum Gasteiger partial charge on any atom is -0.318 e. The molecule has 1 aromatic heterocycles. The Balaban J connectivity index is 1.65. The molecule has 1 aliphatic rings. The van der Waals surface area contributed by atoms with Gasteiger partial charge >= 0.3 is 18.0 Å². The van der Waals surface area contributed by atoms with E-state index in [-0.39, 0.29) is 5.69 Å². The summed E-state index contributed by atoms with van der Waals surface area (Å²) in [6.07, 6.45) is -3.77. The first kappa shape index (κ1) is 18.3. The molecule has 0 spiro atoms. The van der Waals surface area contributed by atoms with Crippen LogP contribution in [0, 0.1) is 0 Å². The summed E-state index contributed by atoms with van der Waals surface area (Å²) in [4.78, 5) is 31.4. The second-order valence-corrected chi connectivity index (χ2v) is 6.95. The van der Waals surface area contributed by atoms with Crippen molar-refractivity contribution in [3.63, 3.8) is 0 Å². The van der Waals surface area contributed by atoms with Crippen molar-refractivity contribution in [3.05, 3.63) is 40.4 Å². The molecule has 0 saturated heterocycles. The Kier molecular flexibility index (Phi) is 4.97. The zero-order valence-corrected chi connectivity index (χ0v) is 14.5. The number of alkyl halides is 3. The van der Waals surface area contributed by atoms with Crippen LogP contribution in [-0.4, -0.2) is 35.3 Å². The topological polar surface area (TPSA) is 74.3 Å². The molecule has 138 valence electrons. The molecule has 10 heteroatoms. The van der Waals surface area contributed by atoms with Gasteiger partial charge in [-0.05, 0) is 25.2 Å².